The predicted molar refractivity (Wildman–Crippen MR) is 125 cm³/mol. The van der Waals surface area contributed by atoms with Gasteiger partial charge in [-0.25, -0.2) is 4.99 Å². The maximum absolute atomic E-state index is 13.2. The monoisotopic (exact) mass is 436 g/mol. The summed E-state index contributed by atoms with van der Waals surface area (Å²) in [6.45, 7) is 7.18. The van der Waals surface area contributed by atoms with Gasteiger partial charge in [-0.2, -0.15) is 0 Å². The lowest BCUT2D eigenvalue weighted by Crippen LogP contribution is -2.28. The molecule has 1 aromatic carbocycles. The van der Waals surface area contributed by atoms with Gasteiger partial charge in [0.05, 0.1) is 18.4 Å². The van der Waals surface area contributed by atoms with Crippen LogP contribution in [0, 0.1) is 11.3 Å². The zero-order valence-corrected chi connectivity index (χ0v) is 19.0. The van der Waals surface area contributed by atoms with E-state index in [-0.39, 0.29) is 17.1 Å². The topological polar surface area (TPSA) is 74.8 Å². The second kappa shape index (κ2) is 8.71. The first kappa shape index (κ1) is 21.4. The van der Waals surface area contributed by atoms with Crippen LogP contribution in [0.4, 0.5) is 5.00 Å². The molecule has 0 radical (unpaired) electrons. The van der Waals surface area contributed by atoms with Crippen LogP contribution in [-0.2, 0) is 19.4 Å². The summed E-state index contributed by atoms with van der Waals surface area (Å²) < 4.78 is 5.34. The molecule has 0 saturated heterocycles. The molecule has 0 saturated carbocycles. The molecule has 0 aliphatic heterocycles. The molecule has 0 bridgehead atoms. The third kappa shape index (κ3) is 4.74. The summed E-state index contributed by atoms with van der Waals surface area (Å²) in [5.74, 6) is 1.33. The van der Waals surface area contributed by atoms with E-state index in [1.54, 1.807) is 42.0 Å². The number of nitrogens with zero attached hydrogens (tertiary/aromatic N) is 1. The Hall–Kier alpha value is -2.86. The minimum absolute atomic E-state index is 0.132. The van der Waals surface area contributed by atoms with Crippen LogP contribution in [0.5, 0.6) is 5.75 Å². The molecule has 0 spiro atoms. The molecule has 162 valence electrons. The number of hydrogen-bond acceptors (Lipinski definition) is 5. The van der Waals surface area contributed by atoms with Crippen molar-refractivity contribution < 1.29 is 14.3 Å². The van der Waals surface area contributed by atoms with E-state index in [9.17, 15) is 9.90 Å². The number of fused-ring (bicyclic) bond motifs is 1. The van der Waals surface area contributed by atoms with Gasteiger partial charge in [-0.05, 0) is 60.4 Å². The van der Waals surface area contributed by atoms with E-state index in [1.165, 1.54) is 4.88 Å². The number of carbonyl (C=O) groups is 1. The molecule has 6 heteroatoms. The van der Waals surface area contributed by atoms with Gasteiger partial charge in [-0.15, -0.1) is 11.3 Å². The Bertz CT molecular complexity index is 1090. The van der Waals surface area contributed by atoms with Gasteiger partial charge in [-0.3, -0.25) is 4.79 Å². The Morgan fingerprint density at radius 2 is 2.10 bits per heavy atom. The number of benzene rings is 1. The van der Waals surface area contributed by atoms with Crippen molar-refractivity contribution in [3.8, 4) is 5.75 Å². The number of carbonyl (C=O) groups excluding carboxylic acids is 1. The zero-order valence-electron chi connectivity index (χ0n) is 18.1. The molecule has 2 heterocycles. The summed E-state index contributed by atoms with van der Waals surface area (Å²) >= 11 is 1.59. The maximum atomic E-state index is 13.2. The molecule has 1 aliphatic rings. The van der Waals surface area contributed by atoms with E-state index in [0.717, 1.165) is 24.8 Å². The van der Waals surface area contributed by atoms with Crippen LogP contribution >= 0.6 is 11.3 Å². The van der Waals surface area contributed by atoms with Crippen LogP contribution in [0.3, 0.4) is 0 Å². The lowest BCUT2D eigenvalue weighted by molar-refractivity contribution is 0.0947. The van der Waals surface area contributed by atoms with Crippen LogP contribution in [0.15, 0.2) is 52.1 Å². The molecule has 0 unspecified atom stereocenters. The molecule has 31 heavy (non-hydrogen) atoms. The Morgan fingerprint density at radius 3 is 2.81 bits per heavy atom. The number of para-hydroxylation sites is 1. The van der Waals surface area contributed by atoms with Crippen molar-refractivity contribution in [2.24, 2.45) is 16.3 Å². The van der Waals surface area contributed by atoms with Gasteiger partial charge in [0.25, 0.3) is 5.91 Å². The molecular weight excluding hydrogens is 408 g/mol. The van der Waals surface area contributed by atoms with Gasteiger partial charge in [0.15, 0.2) is 0 Å². The fourth-order valence-corrected chi connectivity index (χ4v) is 5.30. The summed E-state index contributed by atoms with van der Waals surface area (Å²) in [7, 11) is 0. The Labute approximate surface area is 186 Å². The molecule has 2 aromatic heterocycles. The third-order valence-electron chi connectivity index (χ3n) is 5.96. The summed E-state index contributed by atoms with van der Waals surface area (Å²) in [4.78, 5) is 19.1. The number of hydrogen-bond donors (Lipinski definition) is 2. The molecule has 3 aromatic rings. The van der Waals surface area contributed by atoms with Crippen LogP contribution in [-0.4, -0.2) is 17.2 Å². The summed E-state index contributed by atoms with van der Waals surface area (Å²) in [6.07, 6.45) is 6.14. The number of phenols is 1. The fraction of sp³-hybridized carbons (Fsp3) is 0.360. The average Bonchev–Trinajstić information content (AvgIpc) is 3.37. The lowest BCUT2D eigenvalue weighted by atomic mass is 9.72. The Kier molecular flexibility index (Phi) is 6.01. The van der Waals surface area contributed by atoms with Crippen molar-refractivity contribution in [2.45, 2.75) is 46.6 Å². The van der Waals surface area contributed by atoms with E-state index in [0.29, 0.717) is 34.4 Å². The van der Waals surface area contributed by atoms with E-state index < -0.39 is 0 Å². The summed E-state index contributed by atoms with van der Waals surface area (Å²) in [6, 6.07) is 10.7. The fourth-order valence-electron chi connectivity index (χ4n) is 4.03. The van der Waals surface area contributed by atoms with Crippen LogP contribution < -0.4 is 5.32 Å². The average molecular weight is 437 g/mol. The lowest BCUT2D eigenvalue weighted by Gasteiger charge is -2.33. The summed E-state index contributed by atoms with van der Waals surface area (Å²) in [5, 5.41) is 13.7. The molecule has 2 N–H and O–H groups in total. The Balaban J connectivity index is 1.66. The summed E-state index contributed by atoms with van der Waals surface area (Å²) in [5.41, 5.74) is 2.63. The molecule has 0 fully saturated rings. The molecule has 4 rings (SSSR count). The normalized spacial score (nSPS) is 16.4. The van der Waals surface area contributed by atoms with E-state index in [1.807, 2.05) is 18.2 Å². The van der Waals surface area contributed by atoms with Gasteiger partial charge < -0.3 is 14.8 Å². The minimum Gasteiger partial charge on any atom is -0.507 e. The van der Waals surface area contributed by atoms with Gasteiger partial charge in [0.1, 0.15) is 16.5 Å². The molecular formula is C25H28N2O3S. The Morgan fingerprint density at radius 1 is 1.29 bits per heavy atom. The van der Waals surface area contributed by atoms with E-state index in [2.05, 4.69) is 31.1 Å². The zero-order chi connectivity index (χ0) is 22.0. The molecule has 5 nitrogen and oxygen atoms in total. The SMILES string of the molecule is CC(C)(C)[C@H]1CCc2c(sc(N=Cc3ccccc3O)c2C(=O)NCc2ccco2)C1. The second-order valence-electron chi connectivity index (χ2n) is 9.07. The number of nitrogens with one attached hydrogen (secondary N) is 1. The number of phenolic OH excluding ortho intramolecular Hbond substituents is 1. The van der Waals surface area contributed by atoms with Gasteiger partial charge in [0, 0.05) is 16.7 Å². The number of aliphatic imine (C=N–C) groups is 1. The minimum atomic E-state index is -0.132. The van der Waals surface area contributed by atoms with Gasteiger partial charge in [0.2, 0.25) is 0 Å². The number of rotatable bonds is 5. The second-order valence-corrected chi connectivity index (χ2v) is 10.2. The largest absolute Gasteiger partial charge is 0.507 e. The number of furan rings is 1. The van der Waals surface area contributed by atoms with Crippen LogP contribution in [0.2, 0.25) is 0 Å². The number of aromatic hydroxyl groups is 1. The van der Waals surface area contributed by atoms with Crippen molar-refractivity contribution in [3.63, 3.8) is 0 Å². The highest BCUT2D eigenvalue weighted by Gasteiger charge is 2.33. The highest BCUT2D eigenvalue weighted by Crippen LogP contribution is 2.45. The molecule has 1 aliphatic carbocycles. The first-order valence-electron chi connectivity index (χ1n) is 10.6. The quantitative estimate of drug-likeness (QED) is 0.491. The van der Waals surface area contributed by atoms with Crippen molar-refractivity contribution >= 4 is 28.5 Å². The van der Waals surface area contributed by atoms with E-state index >= 15 is 0 Å². The van der Waals surface area contributed by atoms with Crippen LogP contribution in [0.25, 0.3) is 0 Å². The highest BCUT2D eigenvalue weighted by molar-refractivity contribution is 7.16. The number of thiophene rings is 1. The van der Waals surface area contributed by atoms with Crippen LogP contribution in [0.1, 0.15) is 59.3 Å². The first-order valence-corrected chi connectivity index (χ1v) is 11.4. The van der Waals surface area contributed by atoms with Gasteiger partial charge >= 0.3 is 0 Å². The molecule has 1 atom stereocenters. The van der Waals surface area contributed by atoms with Crippen molar-refractivity contribution in [2.75, 3.05) is 0 Å². The number of amides is 1. The highest BCUT2D eigenvalue weighted by atomic mass is 32.1. The maximum Gasteiger partial charge on any atom is 0.255 e. The van der Waals surface area contributed by atoms with Crippen molar-refractivity contribution in [3.05, 3.63) is 70.0 Å². The first-order chi connectivity index (χ1) is 14.8. The van der Waals surface area contributed by atoms with Crippen molar-refractivity contribution in [1.82, 2.24) is 5.32 Å². The van der Waals surface area contributed by atoms with Crippen molar-refractivity contribution in [1.29, 1.82) is 0 Å². The van der Waals surface area contributed by atoms with E-state index in [4.69, 9.17) is 4.42 Å². The predicted octanol–water partition coefficient (Wildman–Crippen LogP) is 5.88. The third-order valence-corrected chi connectivity index (χ3v) is 7.12. The van der Waals surface area contributed by atoms with Gasteiger partial charge in [-0.1, -0.05) is 32.9 Å². The molecule has 1 amide bonds. The smallest absolute Gasteiger partial charge is 0.255 e. The standard InChI is InChI=1S/C25H28N2O3S/c1-25(2,3)17-10-11-19-21(13-17)31-24(27-14-16-7-4-5-9-20(16)28)22(19)23(29)26-15-18-8-6-12-30-18/h4-9,12,14,17,28H,10-11,13,15H2,1-3H3,(H,26,29)/t17-/m0/s1.